The number of carbonyl (C=O) groups excluding carboxylic acids is 2. The van der Waals surface area contributed by atoms with Crippen LogP contribution in [0.2, 0.25) is 0 Å². The second kappa shape index (κ2) is 8.49. The Labute approximate surface area is 181 Å². The smallest absolute Gasteiger partial charge is 0.253 e. The van der Waals surface area contributed by atoms with E-state index in [1.54, 1.807) is 41.3 Å². The first-order chi connectivity index (χ1) is 14.8. The third kappa shape index (κ3) is 4.45. The number of fused-ring (bicyclic) bond motifs is 1. The minimum absolute atomic E-state index is 0.155. The second-order valence-corrected chi connectivity index (χ2v) is 9.40. The highest BCUT2D eigenvalue weighted by Gasteiger charge is 2.30. The first-order valence-corrected chi connectivity index (χ1v) is 11.4. The van der Waals surface area contributed by atoms with Gasteiger partial charge in [0.1, 0.15) is 0 Å². The molecule has 1 N–H and O–H groups in total. The molecule has 0 spiro atoms. The molecule has 1 heterocycles. The molecule has 8 heteroatoms. The molecule has 1 aliphatic rings. The number of anilines is 1. The summed E-state index contributed by atoms with van der Waals surface area (Å²) in [6.45, 7) is 2.54. The molecule has 0 aliphatic carbocycles. The molecule has 160 valence electrons. The van der Waals surface area contributed by atoms with Gasteiger partial charge in [-0.3, -0.25) is 9.59 Å². The zero-order valence-electron chi connectivity index (χ0n) is 17.1. The summed E-state index contributed by atoms with van der Waals surface area (Å²) in [5.74, 6) is -0.333. The van der Waals surface area contributed by atoms with Crippen LogP contribution in [0.4, 0.5) is 5.69 Å². The van der Waals surface area contributed by atoms with Gasteiger partial charge in [0, 0.05) is 44.4 Å². The number of nitrogens with one attached hydrogen (secondary N) is 1. The van der Waals surface area contributed by atoms with Crippen molar-refractivity contribution in [2.24, 2.45) is 0 Å². The molecule has 0 aromatic heterocycles. The summed E-state index contributed by atoms with van der Waals surface area (Å²) in [6.07, 6.45) is 0. The van der Waals surface area contributed by atoms with Gasteiger partial charge in [0.05, 0.1) is 4.90 Å². The lowest BCUT2D eigenvalue weighted by Crippen LogP contribution is -2.50. The zero-order chi connectivity index (χ0) is 22.0. The van der Waals surface area contributed by atoms with Gasteiger partial charge in [-0.1, -0.05) is 30.3 Å². The maximum atomic E-state index is 13.1. The van der Waals surface area contributed by atoms with Crippen molar-refractivity contribution in [3.8, 4) is 0 Å². The normalized spacial score (nSPS) is 15.1. The van der Waals surface area contributed by atoms with Crippen LogP contribution in [0.5, 0.6) is 0 Å². The van der Waals surface area contributed by atoms with Crippen LogP contribution in [0.15, 0.2) is 71.6 Å². The van der Waals surface area contributed by atoms with Crippen molar-refractivity contribution in [2.45, 2.75) is 11.8 Å². The fourth-order valence-electron chi connectivity index (χ4n) is 3.69. The fraction of sp³-hybridized carbons (Fsp3) is 0.217. The second-order valence-electron chi connectivity index (χ2n) is 7.46. The molecule has 0 radical (unpaired) electrons. The molecule has 1 fully saturated rings. The van der Waals surface area contributed by atoms with Gasteiger partial charge in [-0.05, 0) is 47.2 Å². The molecular formula is C23H23N3O4S. The Morgan fingerprint density at radius 3 is 2.13 bits per heavy atom. The van der Waals surface area contributed by atoms with E-state index in [2.05, 4.69) is 5.32 Å². The Morgan fingerprint density at radius 2 is 1.48 bits per heavy atom. The van der Waals surface area contributed by atoms with Gasteiger partial charge >= 0.3 is 0 Å². The molecule has 2 amide bonds. The predicted octanol–water partition coefficient (Wildman–Crippen LogP) is 2.94. The standard InChI is InChI=1S/C23H23N3O4S/c1-17(27)24-21-9-6-19(7-10-21)23(28)25-12-14-26(15-13-25)31(29,30)22-11-8-18-4-2-3-5-20(18)16-22/h2-11,16H,12-15H2,1H3,(H,24,27). The summed E-state index contributed by atoms with van der Waals surface area (Å²) in [4.78, 5) is 25.8. The monoisotopic (exact) mass is 437 g/mol. The largest absolute Gasteiger partial charge is 0.336 e. The number of piperazine rings is 1. The van der Waals surface area contributed by atoms with E-state index in [0.717, 1.165) is 10.8 Å². The molecule has 1 saturated heterocycles. The summed E-state index contributed by atoms with van der Waals surface area (Å²) in [6, 6.07) is 19.4. The van der Waals surface area contributed by atoms with E-state index in [-0.39, 0.29) is 29.8 Å². The van der Waals surface area contributed by atoms with Crippen LogP contribution in [-0.4, -0.2) is 55.6 Å². The number of benzene rings is 3. The van der Waals surface area contributed by atoms with Crippen molar-refractivity contribution in [2.75, 3.05) is 31.5 Å². The Kier molecular flexibility index (Phi) is 5.75. The number of amides is 2. The molecule has 0 bridgehead atoms. The van der Waals surface area contributed by atoms with Crippen molar-refractivity contribution in [3.05, 3.63) is 72.3 Å². The van der Waals surface area contributed by atoms with E-state index in [4.69, 9.17) is 0 Å². The first kappa shape index (κ1) is 21.0. The summed E-state index contributed by atoms with van der Waals surface area (Å²) in [7, 11) is -3.63. The van der Waals surface area contributed by atoms with Gasteiger partial charge in [-0.25, -0.2) is 8.42 Å². The maximum Gasteiger partial charge on any atom is 0.253 e. The van der Waals surface area contributed by atoms with E-state index >= 15 is 0 Å². The van der Waals surface area contributed by atoms with Gasteiger partial charge in [-0.2, -0.15) is 4.31 Å². The highest BCUT2D eigenvalue weighted by Crippen LogP contribution is 2.23. The molecule has 4 rings (SSSR count). The summed E-state index contributed by atoms with van der Waals surface area (Å²) in [5.41, 5.74) is 1.12. The van der Waals surface area contributed by atoms with Gasteiger partial charge in [-0.15, -0.1) is 0 Å². The van der Waals surface area contributed by atoms with E-state index in [0.29, 0.717) is 24.3 Å². The third-order valence-corrected chi connectivity index (χ3v) is 7.23. The fourth-order valence-corrected chi connectivity index (χ4v) is 5.15. The van der Waals surface area contributed by atoms with Crippen molar-refractivity contribution in [1.29, 1.82) is 0 Å². The van der Waals surface area contributed by atoms with E-state index in [1.165, 1.54) is 11.2 Å². The lowest BCUT2D eigenvalue weighted by molar-refractivity contribution is -0.114. The number of carbonyl (C=O) groups is 2. The molecule has 3 aromatic rings. The number of hydrogen-bond donors (Lipinski definition) is 1. The van der Waals surface area contributed by atoms with Crippen LogP contribution in [-0.2, 0) is 14.8 Å². The average molecular weight is 438 g/mol. The van der Waals surface area contributed by atoms with Crippen LogP contribution in [0, 0.1) is 0 Å². The number of nitrogens with zero attached hydrogens (tertiary/aromatic N) is 2. The minimum Gasteiger partial charge on any atom is -0.336 e. The zero-order valence-corrected chi connectivity index (χ0v) is 17.9. The molecule has 3 aromatic carbocycles. The van der Waals surface area contributed by atoms with E-state index in [1.807, 2.05) is 30.3 Å². The summed E-state index contributed by atoms with van der Waals surface area (Å²) < 4.78 is 27.6. The van der Waals surface area contributed by atoms with Crippen LogP contribution in [0.25, 0.3) is 10.8 Å². The Morgan fingerprint density at radius 1 is 0.839 bits per heavy atom. The number of sulfonamides is 1. The molecule has 1 aliphatic heterocycles. The first-order valence-electron chi connectivity index (χ1n) is 10.0. The molecule has 0 saturated carbocycles. The van der Waals surface area contributed by atoms with E-state index < -0.39 is 10.0 Å². The van der Waals surface area contributed by atoms with Crippen molar-refractivity contribution in [3.63, 3.8) is 0 Å². The maximum absolute atomic E-state index is 13.1. The molecule has 31 heavy (non-hydrogen) atoms. The SMILES string of the molecule is CC(=O)Nc1ccc(C(=O)N2CCN(S(=O)(=O)c3ccc4ccccc4c3)CC2)cc1. The molecule has 7 nitrogen and oxygen atoms in total. The van der Waals surface area contributed by atoms with Crippen molar-refractivity contribution < 1.29 is 18.0 Å². The molecular weight excluding hydrogens is 414 g/mol. The molecule has 0 atom stereocenters. The van der Waals surface area contributed by atoms with Gasteiger partial charge in [0.15, 0.2) is 0 Å². The van der Waals surface area contributed by atoms with Gasteiger partial charge < -0.3 is 10.2 Å². The van der Waals surface area contributed by atoms with Crippen LogP contribution in [0.1, 0.15) is 17.3 Å². The lowest BCUT2D eigenvalue weighted by atomic mass is 10.1. The summed E-state index contributed by atoms with van der Waals surface area (Å²) in [5, 5.41) is 4.52. The molecule has 0 unspecified atom stereocenters. The van der Waals surface area contributed by atoms with E-state index in [9.17, 15) is 18.0 Å². The lowest BCUT2D eigenvalue weighted by Gasteiger charge is -2.34. The van der Waals surface area contributed by atoms with Gasteiger partial charge in [0.2, 0.25) is 15.9 Å². The Bertz CT molecular complexity index is 1230. The quantitative estimate of drug-likeness (QED) is 0.680. The minimum atomic E-state index is -3.63. The van der Waals surface area contributed by atoms with Crippen LogP contribution in [0.3, 0.4) is 0 Å². The van der Waals surface area contributed by atoms with Crippen molar-refractivity contribution in [1.82, 2.24) is 9.21 Å². The average Bonchev–Trinajstić information content (AvgIpc) is 2.78. The van der Waals surface area contributed by atoms with Crippen LogP contribution < -0.4 is 5.32 Å². The Balaban J connectivity index is 1.43. The summed E-state index contributed by atoms with van der Waals surface area (Å²) >= 11 is 0. The highest BCUT2D eigenvalue weighted by atomic mass is 32.2. The topological polar surface area (TPSA) is 86.8 Å². The predicted molar refractivity (Wildman–Crippen MR) is 119 cm³/mol. The number of rotatable bonds is 4. The van der Waals surface area contributed by atoms with Gasteiger partial charge in [0.25, 0.3) is 5.91 Å². The third-order valence-electron chi connectivity index (χ3n) is 5.34. The Hall–Kier alpha value is -3.23. The van der Waals surface area contributed by atoms with Crippen molar-refractivity contribution >= 4 is 38.3 Å². The van der Waals surface area contributed by atoms with Crippen LogP contribution >= 0.6 is 0 Å². The highest BCUT2D eigenvalue weighted by molar-refractivity contribution is 7.89. The number of hydrogen-bond acceptors (Lipinski definition) is 4.